The maximum atomic E-state index is 13.6. The SMILES string of the molecule is CCCCCCCC/C=C/CCCCCCCCCCCCCCCC(=O)NC(COP(=O)(O)OCC[N+](C)(C)C)C(/C=C\CCCCCCCCCCCC)OC(=O)CCCCCCCCCCCCCCC. The molecule has 0 aliphatic heterocycles. The number of phosphoric ester groups is 1. The number of unbranched alkanes of at least 4 members (excludes halogenated alkanes) is 41. The van der Waals surface area contributed by atoms with Crippen LogP contribution in [0, 0.1) is 0 Å². The van der Waals surface area contributed by atoms with E-state index in [1.165, 1.54) is 231 Å². The fraction of sp³-hybridized carbons (Fsp3) is 0.906. The van der Waals surface area contributed by atoms with Gasteiger partial charge in [-0.15, -0.1) is 0 Å². The first kappa shape index (κ1) is 72.5. The van der Waals surface area contributed by atoms with E-state index in [4.69, 9.17) is 13.8 Å². The zero-order valence-electron chi connectivity index (χ0n) is 50.1. The lowest BCUT2D eigenvalue weighted by atomic mass is 10.0. The molecule has 1 amide bonds. The zero-order chi connectivity index (χ0) is 54.3. The number of amides is 1. The number of nitrogens with one attached hydrogen (secondary N) is 1. The van der Waals surface area contributed by atoms with Gasteiger partial charge in [0.2, 0.25) is 5.91 Å². The van der Waals surface area contributed by atoms with E-state index in [1.807, 2.05) is 33.3 Å². The van der Waals surface area contributed by atoms with E-state index < -0.39 is 20.0 Å². The van der Waals surface area contributed by atoms with Crippen LogP contribution in [0.3, 0.4) is 0 Å². The van der Waals surface area contributed by atoms with Crippen molar-refractivity contribution < 1.29 is 37.3 Å². The highest BCUT2D eigenvalue weighted by Gasteiger charge is 2.30. The Kier molecular flexibility index (Phi) is 53.7. The molecule has 10 heteroatoms. The first-order valence-corrected chi connectivity index (χ1v) is 33.7. The van der Waals surface area contributed by atoms with Gasteiger partial charge in [-0.2, -0.15) is 0 Å². The van der Waals surface area contributed by atoms with Crippen molar-refractivity contribution in [3.8, 4) is 0 Å². The molecular weight excluding hydrogens is 940 g/mol. The third-order valence-electron chi connectivity index (χ3n) is 14.6. The number of ether oxygens (including phenoxy) is 1. The van der Waals surface area contributed by atoms with Crippen molar-refractivity contribution in [3.63, 3.8) is 0 Å². The Hall–Kier alpha value is -1.51. The van der Waals surface area contributed by atoms with Crippen molar-refractivity contribution in [2.24, 2.45) is 0 Å². The molecule has 3 atom stereocenters. The molecule has 0 saturated carbocycles. The molecule has 2 N–H and O–H groups in total. The van der Waals surface area contributed by atoms with E-state index in [9.17, 15) is 19.0 Å². The van der Waals surface area contributed by atoms with Gasteiger partial charge in [0, 0.05) is 12.8 Å². The summed E-state index contributed by atoms with van der Waals surface area (Å²) >= 11 is 0. The van der Waals surface area contributed by atoms with E-state index in [0.29, 0.717) is 23.9 Å². The fourth-order valence-corrected chi connectivity index (χ4v) is 10.4. The molecule has 0 aliphatic rings. The molecule has 0 aromatic rings. The predicted molar refractivity (Wildman–Crippen MR) is 319 cm³/mol. The maximum Gasteiger partial charge on any atom is 0.472 e. The molecule has 0 bridgehead atoms. The molecule has 0 aromatic carbocycles. The summed E-state index contributed by atoms with van der Waals surface area (Å²) in [6.45, 7) is 7.05. The number of hydrogen-bond acceptors (Lipinski definition) is 6. The molecule has 0 saturated heterocycles. The molecule has 0 aromatic heterocycles. The van der Waals surface area contributed by atoms with Gasteiger partial charge >= 0.3 is 13.8 Å². The van der Waals surface area contributed by atoms with Crippen LogP contribution in [0.4, 0.5) is 0 Å². The highest BCUT2D eigenvalue weighted by atomic mass is 31.2. The number of phosphoric acid groups is 1. The third-order valence-corrected chi connectivity index (χ3v) is 15.6. The number of carbonyl (C=O) groups is 2. The average molecular weight is 1070 g/mol. The molecular formula is C64H126N2O7P+. The first-order valence-electron chi connectivity index (χ1n) is 32.2. The molecule has 438 valence electrons. The Morgan fingerprint density at radius 2 is 0.784 bits per heavy atom. The van der Waals surface area contributed by atoms with Gasteiger partial charge in [-0.25, -0.2) is 4.57 Å². The standard InChI is InChI=1S/C64H125N2O7P/c1-7-10-13-16-19-22-25-28-29-30-31-32-33-34-35-36-37-39-41-44-47-50-53-56-63(67)65-61(60-72-74(69,70)71-59-58-66(4,5)6)62(55-52-49-46-43-40-27-24-21-18-15-12-9-3)73-64(68)57-54-51-48-45-42-38-26-23-20-17-14-11-8-2/h28-29,52,55,61-62H,7-27,30-51,53-54,56-60H2,1-6H3,(H-,65,67,69,70)/p+1/b29-28+,55-52-. The monoisotopic (exact) mass is 1070 g/mol. The lowest BCUT2D eigenvalue weighted by molar-refractivity contribution is -0.870. The molecule has 0 fully saturated rings. The number of esters is 1. The van der Waals surface area contributed by atoms with Crippen LogP contribution in [0.1, 0.15) is 323 Å². The Bertz CT molecular complexity index is 1320. The summed E-state index contributed by atoms with van der Waals surface area (Å²) in [5.74, 6) is -0.488. The van der Waals surface area contributed by atoms with Gasteiger partial charge in [0.25, 0.3) is 0 Å². The minimum atomic E-state index is -4.44. The Morgan fingerprint density at radius 1 is 0.459 bits per heavy atom. The quantitative estimate of drug-likeness (QED) is 0.0205. The van der Waals surface area contributed by atoms with Crippen LogP contribution in [-0.2, 0) is 27.9 Å². The normalized spacial score (nSPS) is 13.8. The summed E-state index contributed by atoms with van der Waals surface area (Å²) in [7, 11) is 1.51. The minimum absolute atomic E-state index is 0.0441. The smallest absolute Gasteiger partial charge is 0.456 e. The number of hydrogen-bond donors (Lipinski definition) is 2. The highest BCUT2D eigenvalue weighted by Crippen LogP contribution is 2.43. The second kappa shape index (κ2) is 54.8. The van der Waals surface area contributed by atoms with Crippen molar-refractivity contribution in [1.82, 2.24) is 5.32 Å². The summed E-state index contributed by atoms with van der Waals surface area (Å²) in [5, 5.41) is 3.07. The first-order chi connectivity index (χ1) is 35.9. The average Bonchev–Trinajstić information content (AvgIpc) is 3.36. The molecule has 3 unspecified atom stereocenters. The number of nitrogens with zero attached hydrogens (tertiary/aromatic N) is 1. The fourth-order valence-electron chi connectivity index (χ4n) is 9.64. The van der Waals surface area contributed by atoms with Gasteiger partial charge in [-0.1, -0.05) is 277 Å². The topological polar surface area (TPSA) is 111 Å². The Labute approximate surface area is 460 Å². The second-order valence-electron chi connectivity index (χ2n) is 23.3. The lowest BCUT2D eigenvalue weighted by Gasteiger charge is -2.27. The van der Waals surface area contributed by atoms with Crippen LogP contribution in [0.25, 0.3) is 0 Å². The predicted octanol–water partition coefficient (Wildman–Crippen LogP) is 19.7. The van der Waals surface area contributed by atoms with Crippen molar-refractivity contribution in [1.29, 1.82) is 0 Å². The third kappa shape index (κ3) is 55.3. The second-order valence-corrected chi connectivity index (χ2v) is 24.7. The molecule has 0 rings (SSSR count). The number of allylic oxidation sites excluding steroid dienone is 3. The largest absolute Gasteiger partial charge is 0.472 e. The molecule has 74 heavy (non-hydrogen) atoms. The Balaban J connectivity index is 5.10. The van der Waals surface area contributed by atoms with Gasteiger partial charge < -0.3 is 19.4 Å². The van der Waals surface area contributed by atoms with Gasteiger partial charge in [-0.3, -0.25) is 18.6 Å². The van der Waals surface area contributed by atoms with Gasteiger partial charge in [0.1, 0.15) is 19.3 Å². The minimum Gasteiger partial charge on any atom is -0.456 e. The summed E-state index contributed by atoms with van der Waals surface area (Å²) in [4.78, 5) is 37.7. The Morgan fingerprint density at radius 3 is 1.15 bits per heavy atom. The summed E-state index contributed by atoms with van der Waals surface area (Å²) in [5.41, 5.74) is 0. The molecule has 0 heterocycles. The van der Waals surface area contributed by atoms with Crippen LogP contribution in [0.5, 0.6) is 0 Å². The molecule has 9 nitrogen and oxygen atoms in total. The number of likely N-dealkylation sites (N-methyl/N-ethyl adjacent to an activating group) is 1. The van der Waals surface area contributed by atoms with Crippen LogP contribution in [-0.4, -0.2) is 74.3 Å². The number of rotatable bonds is 59. The zero-order valence-corrected chi connectivity index (χ0v) is 51.0. The molecule has 0 aliphatic carbocycles. The van der Waals surface area contributed by atoms with E-state index in [1.54, 1.807) is 0 Å². The van der Waals surface area contributed by atoms with E-state index in [0.717, 1.165) is 57.8 Å². The van der Waals surface area contributed by atoms with Crippen LogP contribution < -0.4 is 5.32 Å². The van der Waals surface area contributed by atoms with E-state index >= 15 is 0 Å². The summed E-state index contributed by atoms with van der Waals surface area (Å²) in [6, 6.07) is -0.841. The summed E-state index contributed by atoms with van der Waals surface area (Å²) in [6.07, 6.45) is 64.6. The van der Waals surface area contributed by atoms with E-state index in [-0.39, 0.29) is 25.1 Å². The summed E-state index contributed by atoms with van der Waals surface area (Å²) < 4.78 is 30.7. The van der Waals surface area contributed by atoms with Crippen molar-refractivity contribution >= 4 is 19.7 Å². The van der Waals surface area contributed by atoms with Crippen LogP contribution in [0.15, 0.2) is 24.3 Å². The van der Waals surface area contributed by atoms with Crippen molar-refractivity contribution in [2.45, 2.75) is 335 Å². The lowest BCUT2D eigenvalue weighted by Crippen LogP contribution is -2.47. The maximum absolute atomic E-state index is 13.6. The molecule has 0 radical (unpaired) electrons. The highest BCUT2D eigenvalue weighted by molar-refractivity contribution is 7.47. The van der Waals surface area contributed by atoms with E-state index in [2.05, 4.69) is 38.2 Å². The van der Waals surface area contributed by atoms with Crippen LogP contribution in [0.2, 0.25) is 0 Å². The van der Waals surface area contributed by atoms with Crippen molar-refractivity contribution in [3.05, 3.63) is 24.3 Å². The number of quaternary nitrogens is 1. The number of carbonyl (C=O) groups excluding carboxylic acids is 2. The van der Waals surface area contributed by atoms with Gasteiger partial charge in [0.15, 0.2) is 0 Å². The van der Waals surface area contributed by atoms with Crippen molar-refractivity contribution in [2.75, 3.05) is 40.9 Å². The molecule has 0 spiro atoms. The van der Waals surface area contributed by atoms with Gasteiger partial charge in [0.05, 0.1) is 33.8 Å². The van der Waals surface area contributed by atoms with Gasteiger partial charge in [-0.05, 0) is 57.4 Å². The van der Waals surface area contributed by atoms with Crippen LogP contribution >= 0.6 is 7.82 Å².